The van der Waals surface area contributed by atoms with Crippen LogP contribution in [0, 0.1) is 5.82 Å². The van der Waals surface area contributed by atoms with Crippen molar-refractivity contribution >= 4 is 22.0 Å². The lowest BCUT2D eigenvalue weighted by atomic mass is 10.2. The molecule has 0 saturated carbocycles. The number of carbonyl (C=O) groups is 1. The average Bonchev–Trinajstić information content (AvgIpc) is 2.74. The van der Waals surface area contributed by atoms with Crippen molar-refractivity contribution in [3.05, 3.63) is 60.2 Å². The lowest BCUT2D eigenvalue weighted by Gasteiger charge is -2.33. The van der Waals surface area contributed by atoms with Crippen LogP contribution in [0.1, 0.15) is 12.5 Å². The molecule has 0 radical (unpaired) electrons. The molecule has 0 spiro atoms. The first-order chi connectivity index (χ1) is 13.9. The fraction of sp³-hybridized carbons (Fsp3) is 0.300. The summed E-state index contributed by atoms with van der Waals surface area (Å²) >= 11 is 0. The van der Waals surface area contributed by atoms with Gasteiger partial charge in [-0.25, -0.2) is 12.8 Å². The second-order valence-electron chi connectivity index (χ2n) is 6.44. The number of carbonyl (C=O) groups excluding carboxylic acids is 1. The van der Waals surface area contributed by atoms with E-state index in [2.05, 4.69) is 4.98 Å². The maximum absolute atomic E-state index is 14.3. The number of hydrogen-bond donors (Lipinski definition) is 0. The molecule has 1 fully saturated rings. The normalized spacial score (nSPS) is 15.6. The highest BCUT2D eigenvalue weighted by Gasteiger charge is 2.26. The summed E-state index contributed by atoms with van der Waals surface area (Å²) in [6.45, 7) is 2.82. The number of piperazine rings is 1. The van der Waals surface area contributed by atoms with E-state index in [0.29, 0.717) is 24.4 Å². The highest BCUT2D eigenvalue weighted by molar-refractivity contribution is 7.89. The van der Waals surface area contributed by atoms with Gasteiger partial charge in [-0.1, -0.05) is 6.07 Å². The first kappa shape index (κ1) is 20.9. The van der Waals surface area contributed by atoms with E-state index in [1.54, 1.807) is 36.2 Å². The van der Waals surface area contributed by atoms with Crippen LogP contribution in [0.5, 0.6) is 11.5 Å². The van der Waals surface area contributed by atoms with Crippen LogP contribution in [-0.4, -0.2) is 60.4 Å². The molecule has 1 aliphatic heterocycles. The summed E-state index contributed by atoms with van der Waals surface area (Å²) in [6.07, 6.45) is 5.96. The summed E-state index contributed by atoms with van der Waals surface area (Å²) in [6, 6.07) is 7.77. The Morgan fingerprint density at radius 1 is 1.24 bits per heavy atom. The van der Waals surface area contributed by atoms with Gasteiger partial charge in [0.15, 0.2) is 11.6 Å². The maximum Gasteiger partial charge on any atom is 0.246 e. The van der Waals surface area contributed by atoms with Crippen LogP contribution in [0.3, 0.4) is 0 Å². The first-order valence-electron chi connectivity index (χ1n) is 9.21. The molecule has 0 aliphatic carbocycles. The molecule has 0 atom stereocenters. The molecule has 0 unspecified atom stereocenters. The highest BCUT2D eigenvalue weighted by atomic mass is 32.2. The smallest absolute Gasteiger partial charge is 0.246 e. The minimum absolute atomic E-state index is 0.0485. The molecule has 9 heteroatoms. The van der Waals surface area contributed by atoms with E-state index < -0.39 is 15.8 Å². The molecule has 7 nitrogen and oxygen atoms in total. The Hall–Kier alpha value is -2.78. The zero-order valence-corrected chi connectivity index (χ0v) is 16.8. The van der Waals surface area contributed by atoms with Crippen LogP contribution in [0.4, 0.5) is 4.39 Å². The quantitative estimate of drug-likeness (QED) is 0.673. The van der Waals surface area contributed by atoms with Gasteiger partial charge in [0.2, 0.25) is 15.9 Å². The second kappa shape index (κ2) is 9.15. The van der Waals surface area contributed by atoms with Gasteiger partial charge >= 0.3 is 0 Å². The van der Waals surface area contributed by atoms with E-state index in [0.717, 1.165) is 0 Å². The number of aromatic nitrogens is 1. The van der Waals surface area contributed by atoms with Gasteiger partial charge in [0.1, 0.15) is 5.75 Å². The van der Waals surface area contributed by atoms with E-state index in [1.807, 2.05) is 0 Å². The number of benzene rings is 1. The Balaban J connectivity index is 1.58. The van der Waals surface area contributed by atoms with Crippen molar-refractivity contribution < 1.29 is 22.3 Å². The number of rotatable bonds is 6. The number of ether oxygens (including phenoxy) is 1. The maximum atomic E-state index is 14.3. The summed E-state index contributed by atoms with van der Waals surface area (Å²) in [5, 5.41) is 0. The zero-order chi connectivity index (χ0) is 20.9. The average molecular weight is 419 g/mol. The third kappa shape index (κ3) is 5.39. The molecule has 1 aromatic carbocycles. The van der Waals surface area contributed by atoms with Crippen molar-refractivity contribution in [1.29, 1.82) is 0 Å². The van der Waals surface area contributed by atoms with Crippen molar-refractivity contribution in [3.8, 4) is 11.5 Å². The van der Waals surface area contributed by atoms with Gasteiger partial charge in [-0.3, -0.25) is 9.78 Å². The Labute approximate surface area is 169 Å². The van der Waals surface area contributed by atoms with E-state index in [4.69, 9.17) is 4.74 Å². The third-order valence-electron chi connectivity index (χ3n) is 4.55. The molecule has 1 saturated heterocycles. The van der Waals surface area contributed by atoms with Gasteiger partial charge < -0.3 is 9.64 Å². The zero-order valence-electron chi connectivity index (χ0n) is 16.0. The molecule has 0 bridgehead atoms. The fourth-order valence-electron chi connectivity index (χ4n) is 2.88. The summed E-state index contributed by atoms with van der Waals surface area (Å²) in [7, 11) is -3.24. The molecular weight excluding hydrogens is 397 g/mol. The second-order valence-corrected chi connectivity index (χ2v) is 8.70. The molecule has 2 aromatic rings. The number of pyridine rings is 1. The van der Waals surface area contributed by atoms with Crippen molar-refractivity contribution in [2.24, 2.45) is 0 Å². The molecule has 1 aliphatic rings. The molecule has 1 aromatic heterocycles. The van der Waals surface area contributed by atoms with Crippen LogP contribution < -0.4 is 4.74 Å². The third-order valence-corrected chi connectivity index (χ3v) is 6.43. The van der Waals surface area contributed by atoms with Crippen LogP contribution >= 0.6 is 0 Å². The standard InChI is InChI=1S/C20H22FN3O4S/c1-2-29(26,27)24-12-10-23(11-13-24)20(25)8-6-16-5-7-19(18(21)14-16)28-17-4-3-9-22-15-17/h3-9,14-15H,2,10-13H2,1H3/b8-6+. The summed E-state index contributed by atoms with van der Waals surface area (Å²) < 4.78 is 44.9. The van der Waals surface area contributed by atoms with Gasteiger partial charge in [0, 0.05) is 38.5 Å². The van der Waals surface area contributed by atoms with E-state index in [-0.39, 0.29) is 30.5 Å². The number of sulfonamides is 1. The molecule has 3 rings (SSSR count). The lowest BCUT2D eigenvalue weighted by Crippen LogP contribution is -2.50. The summed E-state index contributed by atoms with van der Waals surface area (Å²) in [5.41, 5.74) is 0.515. The van der Waals surface area contributed by atoms with Crippen LogP contribution in [-0.2, 0) is 14.8 Å². The van der Waals surface area contributed by atoms with Crippen LogP contribution in [0.25, 0.3) is 6.08 Å². The number of amides is 1. The minimum atomic E-state index is -3.24. The molecule has 154 valence electrons. The lowest BCUT2D eigenvalue weighted by molar-refractivity contribution is -0.127. The molecule has 29 heavy (non-hydrogen) atoms. The Morgan fingerprint density at radius 3 is 2.62 bits per heavy atom. The topological polar surface area (TPSA) is 79.8 Å². The fourth-order valence-corrected chi connectivity index (χ4v) is 3.96. The molecular formula is C20H22FN3O4S. The molecule has 0 N–H and O–H groups in total. The number of hydrogen-bond acceptors (Lipinski definition) is 5. The van der Waals surface area contributed by atoms with Crippen molar-refractivity contribution in [2.75, 3.05) is 31.9 Å². The summed E-state index contributed by atoms with van der Waals surface area (Å²) in [5.74, 6) is -0.257. The SMILES string of the molecule is CCS(=O)(=O)N1CCN(C(=O)/C=C/c2ccc(Oc3cccnc3)c(F)c2)CC1. The minimum Gasteiger partial charge on any atom is -0.453 e. The monoisotopic (exact) mass is 419 g/mol. The summed E-state index contributed by atoms with van der Waals surface area (Å²) in [4.78, 5) is 17.8. The number of halogens is 1. The van der Waals surface area contributed by atoms with Gasteiger partial charge in [-0.15, -0.1) is 0 Å². The van der Waals surface area contributed by atoms with E-state index in [1.165, 1.54) is 34.8 Å². The van der Waals surface area contributed by atoms with Gasteiger partial charge in [0.25, 0.3) is 0 Å². The van der Waals surface area contributed by atoms with Gasteiger partial charge in [-0.2, -0.15) is 4.31 Å². The predicted molar refractivity (Wildman–Crippen MR) is 107 cm³/mol. The molecule has 1 amide bonds. The molecule has 2 heterocycles. The van der Waals surface area contributed by atoms with Gasteiger partial charge in [0.05, 0.1) is 11.9 Å². The van der Waals surface area contributed by atoms with E-state index in [9.17, 15) is 17.6 Å². The largest absolute Gasteiger partial charge is 0.453 e. The van der Waals surface area contributed by atoms with Crippen molar-refractivity contribution in [1.82, 2.24) is 14.2 Å². The van der Waals surface area contributed by atoms with Crippen LogP contribution in [0.2, 0.25) is 0 Å². The first-order valence-corrected chi connectivity index (χ1v) is 10.8. The number of nitrogens with zero attached hydrogens (tertiary/aromatic N) is 3. The van der Waals surface area contributed by atoms with Crippen LogP contribution in [0.15, 0.2) is 48.8 Å². The Bertz CT molecular complexity index is 988. The van der Waals surface area contributed by atoms with Crippen molar-refractivity contribution in [3.63, 3.8) is 0 Å². The predicted octanol–water partition coefficient (Wildman–Crippen LogP) is 2.52. The highest BCUT2D eigenvalue weighted by Crippen LogP contribution is 2.24. The Kier molecular flexibility index (Phi) is 6.60. The van der Waals surface area contributed by atoms with Crippen molar-refractivity contribution in [2.45, 2.75) is 6.92 Å². The van der Waals surface area contributed by atoms with E-state index >= 15 is 0 Å². The Morgan fingerprint density at radius 2 is 2.00 bits per heavy atom. The van der Waals surface area contributed by atoms with Gasteiger partial charge in [-0.05, 0) is 42.8 Å².